The molecule has 0 radical (unpaired) electrons. The van der Waals surface area contributed by atoms with E-state index in [1.54, 1.807) is 11.3 Å². The number of quaternary nitrogens is 1. The van der Waals surface area contributed by atoms with Crippen LogP contribution in [0.15, 0.2) is 59.4 Å². The molecule has 0 bridgehead atoms. The van der Waals surface area contributed by atoms with E-state index in [9.17, 15) is 4.79 Å². The third-order valence-corrected chi connectivity index (χ3v) is 5.60. The van der Waals surface area contributed by atoms with Crippen LogP contribution in [0.5, 0.6) is 0 Å². The molecule has 0 fully saturated rings. The topological polar surface area (TPSA) is 33.5 Å². The van der Waals surface area contributed by atoms with E-state index in [2.05, 4.69) is 29.6 Å². The van der Waals surface area contributed by atoms with Gasteiger partial charge in [0.05, 0.1) is 12.1 Å². The molecular formula is C19H19N2OS+. The van der Waals surface area contributed by atoms with Crippen molar-refractivity contribution >= 4 is 26.4 Å². The van der Waals surface area contributed by atoms with Crippen molar-refractivity contribution in [3.05, 3.63) is 75.9 Å². The Kier molecular flexibility index (Phi) is 3.85. The highest BCUT2D eigenvalue weighted by molar-refractivity contribution is 7.22. The lowest BCUT2D eigenvalue weighted by Gasteiger charge is -2.26. The molecule has 4 heteroatoms. The number of benzene rings is 2. The lowest BCUT2D eigenvalue weighted by Crippen LogP contribution is -3.12. The van der Waals surface area contributed by atoms with Crippen LogP contribution in [0.25, 0.3) is 10.1 Å². The first-order valence-corrected chi connectivity index (χ1v) is 8.79. The standard InChI is InChI=1S/C19H18N2OS/c22-18-15-8-4-5-9-17(15)23-19-16(18)12-21(13-20-19)11-10-14-6-2-1-3-7-14/h1-9,20H,10-13H2/p+1. The van der Waals surface area contributed by atoms with E-state index in [1.807, 2.05) is 30.3 Å². The number of anilines is 1. The summed E-state index contributed by atoms with van der Waals surface area (Å²) in [6.45, 7) is 2.73. The van der Waals surface area contributed by atoms with Crippen molar-refractivity contribution in [2.45, 2.75) is 13.0 Å². The molecule has 1 atom stereocenters. The monoisotopic (exact) mass is 323 g/mol. The third kappa shape index (κ3) is 2.87. The Morgan fingerprint density at radius 2 is 1.83 bits per heavy atom. The predicted octanol–water partition coefficient (Wildman–Crippen LogP) is 2.27. The fourth-order valence-electron chi connectivity index (χ4n) is 3.14. The zero-order chi connectivity index (χ0) is 15.6. The van der Waals surface area contributed by atoms with Crippen molar-refractivity contribution in [1.29, 1.82) is 0 Å². The van der Waals surface area contributed by atoms with Gasteiger partial charge in [0.2, 0.25) is 0 Å². The summed E-state index contributed by atoms with van der Waals surface area (Å²) in [6, 6.07) is 18.4. The molecule has 0 spiro atoms. The van der Waals surface area contributed by atoms with E-state index in [-0.39, 0.29) is 5.43 Å². The van der Waals surface area contributed by atoms with Crippen molar-refractivity contribution in [1.82, 2.24) is 0 Å². The first-order valence-electron chi connectivity index (χ1n) is 7.97. The zero-order valence-electron chi connectivity index (χ0n) is 12.8. The van der Waals surface area contributed by atoms with Gasteiger partial charge in [0.25, 0.3) is 0 Å². The lowest BCUT2D eigenvalue weighted by molar-refractivity contribution is -0.912. The van der Waals surface area contributed by atoms with Gasteiger partial charge >= 0.3 is 0 Å². The number of rotatable bonds is 3. The largest absolute Gasteiger partial charge is 0.330 e. The molecule has 23 heavy (non-hydrogen) atoms. The summed E-state index contributed by atoms with van der Waals surface area (Å²) in [6.07, 6.45) is 1.04. The van der Waals surface area contributed by atoms with E-state index in [4.69, 9.17) is 0 Å². The lowest BCUT2D eigenvalue weighted by atomic mass is 10.1. The van der Waals surface area contributed by atoms with Crippen molar-refractivity contribution in [3.8, 4) is 0 Å². The summed E-state index contributed by atoms with van der Waals surface area (Å²) < 4.78 is 1.07. The van der Waals surface area contributed by atoms with E-state index in [0.29, 0.717) is 0 Å². The molecule has 0 aliphatic carbocycles. The molecule has 2 aromatic carbocycles. The SMILES string of the molecule is O=c1c2c(sc3ccccc13)NC[NH+](CCc1ccccc1)C2. The molecule has 3 aromatic rings. The van der Waals surface area contributed by atoms with Gasteiger partial charge in [0, 0.05) is 16.5 Å². The van der Waals surface area contributed by atoms with E-state index in [0.717, 1.165) is 46.8 Å². The fourth-order valence-corrected chi connectivity index (χ4v) is 4.21. The third-order valence-electron chi connectivity index (χ3n) is 4.43. The van der Waals surface area contributed by atoms with Crippen molar-refractivity contribution in [3.63, 3.8) is 0 Å². The van der Waals surface area contributed by atoms with Gasteiger partial charge in [-0.25, -0.2) is 0 Å². The van der Waals surface area contributed by atoms with Crippen LogP contribution in [0.2, 0.25) is 0 Å². The van der Waals surface area contributed by atoms with Crippen molar-refractivity contribution in [2.24, 2.45) is 0 Å². The highest BCUT2D eigenvalue weighted by Gasteiger charge is 2.23. The van der Waals surface area contributed by atoms with Gasteiger partial charge in [-0.05, 0) is 17.7 Å². The second kappa shape index (κ2) is 6.14. The maximum Gasteiger partial charge on any atom is 0.199 e. The Morgan fingerprint density at radius 1 is 1.04 bits per heavy atom. The van der Waals surface area contributed by atoms with Gasteiger partial charge in [-0.2, -0.15) is 0 Å². The maximum atomic E-state index is 12.7. The van der Waals surface area contributed by atoms with E-state index in [1.165, 1.54) is 10.5 Å². The molecule has 4 rings (SSSR count). The summed E-state index contributed by atoms with van der Waals surface area (Å²) in [5.41, 5.74) is 2.50. The maximum absolute atomic E-state index is 12.7. The van der Waals surface area contributed by atoms with E-state index >= 15 is 0 Å². The first-order chi connectivity index (χ1) is 11.3. The molecule has 2 N–H and O–H groups in total. The minimum absolute atomic E-state index is 0.193. The molecule has 1 aliphatic rings. The normalized spacial score (nSPS) is 16.8. The number of fused-ring (bicyclic) bond motifs is 2. The minimum Gasteiger partial charge on any atom is -0.330 e. The van der Waals surface area contributed by atoms with Crippen LogP contribution in [0.4, 0.5) is 5.00 Å². The van der Waals surface area contributed by atoms with Crippen LogP contribution in [-0.2, 0) is 13.0 Å². The summed E-state index contributed by atoms with van der Waals surface area (Å²) in [5.74, 6) is 0. The molecule has 0 saturated heterocycles. The molecule has 1 unspecified atom stereocenters. The predicted molar refractivity (Wildman–Crippen MR) is 96.3 cm³/mol. The Labute approximate surface area is 139 Å². The minimum atomic E-state index is 0.193. The second-order valence-electron chi connectivity index (χ2n) is 6.00. The van der Waals surface area contributed by atoms with E-state index < -0.39 is 0 Å². The first kappa shape index (κ1) is 14.4. The summed E-state index contributed by atoms with van der Waals surface area (Å²) in [5, 5.41) is 5.37. The van der Waals surface area contributed by atoms with Crippen molar-refractivity contribution in [2.75, 3.05) is 18.5 Å². The van der Waals surface area contributed by atoms with Gasteiger partial charge in [-0.3, -0.25) is 4.79 Å². The number of hydrogen-bond acceptors (Lipinski definition) is 3. The Bertz CT molecular complexity index is 889. The molecular weight excluding hydrogens is 304 g/mol. The Balaban J connectivity index is 1.57. The summed E-state index contributed by atoms with van der Waals surface area (Å²) >= 11 is 1.70. The smallest absolute Gasteiger partial charge is 0.199 e. The fraction of sp³-hybridized carbons (Fsp3) is 0.211. The van der Waals surface area contributed by atoms with Gasteiger partial charge in [-0.15, -0.1) is 11.3 Å². The summed E-state index contributed by atoms with van der Waals surface area (Å²) in [4.78, 5) is 14.2. The highest BCUT2D eigenvalue weighted by Crippen LogP contribution is 2.26. The zero-order valence-corrected chi connectivity index (χ0v) is 13.7. The van der Waals surface area contributed by atoms with Crippen LogP contribution in [0, 0.1) is 0 Å². The van der Waals surface area contributed by atoms with Gasteiger partial charge in [0.15, 0.2) is 12.1 Å². The molecule has 0 amide bonds. The molecule has 0 saturated carbocycles. The van der Waals surface area contributed by atoms with Gasteiger partial charge < -0.3 is 10.2 Å². The van der Waals surface area contributed by atoms with Crippen LogP contribution in [-0.4, -0.2) is 13.2 Å². The van der Waals surface area contributed by atoms with Crippen molar-refractivity contribution < 1.29 is 4.90 Å². The van der Waals surface area contributed by atoms with Gasteiger partial charge in [-0.1, -0.05) is 42.5 Å². The second-order valence-corrected chi connectivity index (χ2v) is 7.05. The quantitative estimate of drug-likeness (QED) is 0.775. The molecule has 2 heterocycles. The molecule has 116 valence electrons. The van der Waals surface area contributed by atoms with Crippen LogP contribution >= 0.6 is 11.3 Å². The van der Waals surface area contributed by atoms with Crippen LogP contribution < -0.4 is 15.6 Å². The van der Waals surface area contributed by atoms with Crippen LogP contribution in [0.3, 0.4) is 0 Å². The molecule has 1 aromatic heterocycles. The number of nitrogens with one attached hydrogen (secondary N) is 2. The Hall–Kier alpha value is -2.17. The van der Waals surface area contributed by atoms with Gasteiger partial charge in [0.1, 0.15) is 11.5 Å². The Morgan fingerprint density at radius 3 is 2.70 bits per heavy atom. The average molecular weight is 323 g/mol. The molecule has 1 aliphatic heterocycles. The summed E-state index contributed by atoms with van der Waals surface area (Å²) in [7, 11) is 0. The number of hydrogen-bond donors (Lipinski definition) is 2. The highest BCUT2D eigenvalue weighted by atomic mass is 32.1. The molecule has 3 nitrogen and oxygen atoms in total. The average Bonchev–Trinajstić information content (AvgIpc) is 2.61. The van der Waals surface area contributed by atoms with Crippen LogP contribution in [0.1, 0.15) is 11.1 Å².